The Morgan fingerprint density at radius 1 is 1.29 bits per heavy atom. The molecule has 0 saturated heterocycles. The zero-order valence-electron chi connectivity index (χ0n) is 16.9. The summed E-state index contributed by atoms with van der Waals surface area (Å²) < 4.78 is 41.4. The van der Waals surface area contributed by atoms with Crippen molar-refractivity contribution >= 4 is 23.3 Å². The van der Waals surface area contributed by atoms with E-state index in [1.54, 1.807) is 16.2 Å². The Morgan fingerprint density at radius 3 is 2.71 bits per heavy atom. The van der Waals surface area contributed by atoms with E-state index in [1.165, 1.54) is 18.1 Å². The lowest BCUT2D eigenvalue weighted by molar-refractivity contribution is -0.272. The second kappa shape index (κ2) is 9.27. The highest BCUT2D eigenvalue weighted by Gasteiger charge is 2.57. The van der Waals surface area contributed by atoms with Crippen molar-refractivity contribution in [2.75, 3.05) is 19.6 Å². The first-order valence-electron chi connectivity index (χ1n) is 9.73. The molecule has 1 aliphatic rings. The molecule has 0 radical (unpaired) electrons. The summed E-state index contributed by atoms with van der Waals surface area (Å²) in [6, 6.07) is 1.29. The zero-order chi connectivity index (χ0) is 22.6. The van der Waals surface area contributed by atoms with Crippen molar-refractivity contribution in [3.05, 3.63) is 40.1 Å². The molecular weight excluding hydrogens is 435 g/mol. The van der Waals surface area contributed by atoms with Crippen LogP contribution in [0.25, 0.3) is 0 Å². The number of carbonyl (C=O) groups excluding carboxylic acids is 2. The van der Waals surface area contributed by atoms with E-state index in [0.29, 0.717) is 13.1 Å². The topological polar surface area (TPSA) is 99.5 Å². The van der Waals surface area contributed by atoms with Crippen molar-refractivity contribution in [2.45, 2.75) is 37.6 Å². The van der Waals surface area contributed by atoms with Crippen LogP contribution in [0.15, 0.2) is 23.8 Å². The molecule has 0 spiro atoms. The van der Waals surface area contributed by atoms with Crippen LogP contribution in [0, 0.1) is 0 Å². The summed E-state index contributed by atoms with van der Waals surface area (Å²) in [6.07, 6.45) is -2.41. The number of carbonyl (C=O) groups is 2. The Morgan fingerprint density at radius 2 is 2.03 bits per heavy atom. The van der Waals surface area contributed by atoms with Gasteiger partial charge in [-0.05, 0) is 23.4 Å². The van der Waals surface area contributed by atoms with E-state index < -0.39 is 36.6 Å². The maximum atomic E-state index is 13.4. The van der Waals surface area contributed by atoms with Gasteiger partial charge < -0.3 is 25.2 Å². The molecule has 8 nitrogen and oxygen atoms in total. The van der Waals surface area contributed by atoms with E-state index in [-0.39, 0.29) is 18.9 Å². The summed E-state index contributed by atoms with van der Waals surface area (Å²) in [6.45, 7) is 0.797. The average Bonchev–Trinajstić information content (AvgIpc) is 3.35. The van der Waals surface area contributed by atoms with Crippen molar-refractivity contribution in [3.63, 3.8) is 0 Å². The maximum absolute atomic E-state index is 13.4. The number of imidazole rings is 1. The van der Waals surface area contributed by atoms with Crippen LogP contribution in [0.5, 0.6) is 0 Å². The quantitative estimate of drug-likeness (QED) is 0.589. The smallest absolute Gasteiger partial charge is 0.374 e. The second-order valence-corrected chi connectivity index (χ2v) is 8.34. The van der Waals surface area contributed by atoms with E-state index in [1.807, 2.05) is 11.4 Å². The predicted octanol–water partition coefficient (Wildman–Crippen LogP) is 1.90. The standard InChI is InChI=1S/C19H24F3N5O3S/c1-26-10-8-23-16(26)18(30,19(20,21)22)5-7-25-17(29)24-6-2-15(28)27-9-3-14-13(12-27)4-11-31-14/h4,8,10-11,30H,2-3,5-7,9,12H2,1H3,(H2,24,25,29). The van der Waals surface area contributed by atoms with Gasteiger partial charge in [-0.1, -0.05) is 0 Å². The van der Waals surface area contributed by atoms with Crippen molar-refractivity contribution in [1.82, 2.24) is 25.1 Å². The monoisotopic (exact) mass is 459 g/mol. The summed E-state index contributed by atoms with van der Waals surface area (Å²) >= 11 is 1.67. The number of amides is 3. The van der Waals surface area contributed by atoms with E-state index >= 15 is 0 Å². The summed E-state index contributed by atoms with van der Waals surface area (Å²) in [7, 11) is 1.34. The van der Waals surface area contributed by atoms with Gasteiger partial charge in [-0.2, -0.15) is 13.2 Å². The molecule has 12 heteroatoms. The Hall–Kier alpha value is -2.60. The molecule has 1 aliphatic heterocycles. The molecule has 3 amide bonds. The molecule has 31 heavy (non-hydrogen) atoms. The Balaban J connectivity index is 1.42. The van der Waals surface area contributed by atoms with Crippen LogP contribution in [0.2, 0.25) is 0 Å². The number of nitrogens with zero attached hydrogens (tertiary/aromatic N) is 3. The molecule has 3 N–H and O–H groups in total. The Kier molecular flexibility index (Phi) is 6.90. The van der Waals surface area contributed by atoms with Crippen molar-refractivity contribution < 1.29 is 27.9 Å². The number of thiophene rings is 1. The minimum absolute atomic E-state index is 0.0561. The van der Waals surface area contributed by atoms with Crippen LogP contribution in [-0.2, 0) is 30.4 Å². The number of alkyl halides is 3. The Bertz CT molecular complexity index is 929. The second-order valence-electron chi connectivity index (χ2n) is 7.34. The third-order valence-electron chi connectivity index (χ3n) is 5.22. The molecule has 0 aliphatic carbocycles. The van der Waals surface area contributed by atoms with Crippen LogP contribution in [0.3, 0.4) is 0 Å². The van der Waals surface area contributed by atoms with Gasteiger partial charge in [0.15, 0.2) is 0 Å². The number of aliphatic hydroxyl groups is 1. The van der Waals surface area contributed by atoms with Gasteiger partial charge in [-0.15, -0.1) is 11.3 Å². The number of hydrogen-bond acceptors (Lipinski definition) is 5. The number of halogens is 3. The van der Waals surface area contributed by atoms with Gasteiger partial charge >= 0.3 is 12.2 Å². The fraction of sp³-hybridized carbons (Fsp3) is 0.526. The number of aryl methyl sites for hydroxylation is 1. The third-order valence-corrected chi connectivity index (χ3v) is 6.24. The molecule has 0 fully saturated rings. The summed E-state index contributed by atoms with van der Waals surface area (Å²) in [4.78, 5) is 30.8. The molecule has 0 saturated carbocycles. The highest BCUT2D eigenvalue weighted by molar-refractivity contribution is 7.10. The van der Waals surface area contributed by atoms with Gasteiger partial charge in [-0.3, -0.25) is 4.79 Å². The van der Waals surface area contributed by atoms with Crippen molar-refractivity contribution in [1.29, 1.82) is 0 Å². The molecule has 2 aromatic heterocycles. The molecular formula is C19H24F3N5O3S. The van der Waals surface area contributed by atoms with Gasteiger partial charge in [-0.25, -0.2) is 9.78 Å². The first kappa shape index (κ1) is 23.1. The number of rotatable bonds is 7. The largest absolute Gasteiger partial charge is 0.424 e. The van der Waals surface area contributed by atoms with E-state index in [4.69, 9.17) is 0 Å². The first-order valence-corrected chi connectivity index (χ1v) is 10.6. The Labute approximate surface area is 181 Å². The van der Waals surface area contributed by atoms with Gasteiger partial charge in [0.2, 0.25) is 11.5 Å². The fourth-order valence-corrected chi connectivity index (χ4v) is 4.36. The van der Waals surface area contributed by atoms with E-state index in [9.17, 15) is 27.9 Å². The number of fused-ring (bicyclic) bond motifs is 1. The molecule has 3 rings (SSSR count). The lowest BCUT2D eigenvalue weighted by Crippen LogP contribution is -2.47. The number of nitrogens with one attached hydrogen (secondary N) is 2. The van der Waals surface area contributed by atoms with Crippen LogP contribution in [0.4, 0.5) is 18.0 Å². The van der Waals surface area contributed by atoms with Crippen LogP contribution < -0.4 is 10.6 Å². The van der Waals surface area contributed by atoms with Crippen molar-refractivity contribution in [2.24, 2.45) is 7.05 Å². The molecule has 0 aromatic carbocycles. The van der Waals surface area contributed by atoms with E-state index in [2.05, 4.69) is 15.6 Å². The SMILES string of the molecule is Cn1ccnc1C(O)(CCNC(=O)NCCC(=O)N1CCc2sccc2C1)C(F)(F)F. The van der Waals surface area contributed by atoms with Crippen molar-refractivity contribution in [3.8, 4) is 0 Å². The van der Waals surface area contributed by atoms with Gasteiger partial charge in [0.1, 0.15) is 5.82 Å². The predicted molar refractivity (Wildman–Crippen MR) is 107 cm³/mol. The molecule has 1 atom stereocenters. The van der Waals surface area contributed by atoms with Gasteiger partial charge in [0.05, 0.1) is 0 Å². The third kappa shape index (κ3) is 5.18. The minimum atomic E-state index is -4.96. The molecule has 3 heterocycles. The minimum Gasteiger partial charge on any atom is -0.374 e. The number of urea groups is 1. The number of hydrogen-bond donors (Lipinski definition) is 3. The van der Waals surface area contributed by atoms with Crippen LogP contribution in [0.1, 0.15) is 29.1 Å². The van der Waals surface area contributed by atoms with E-state index in [0.717, 1.165) is 22.7 Å². The average molecular weight is 459 g/mol. The highest BCUT2D eigenvalue weighted by Crippen LogP contribution is 2.40. The zero-order valence-corrected chi connectivity index (χ0v) is 17.7. The fourth-order valence-electron chi connectivity index (χ4n) is 3.47. The highest BCUT2D eigenvalue weighted by atomic mass is 32.1. The lowest BCUT2D eigenvalue weighted by Gasteiger charge is -2.30. The summed E-state index contributed by atoms with van der Waals surface area (Å²) in [5, 5.41) is 17.0. The molecule has 170 valence electrons. The molecule has 2 aromatic rings. The molecule has 0 bridgehead atoms. The number of aromatic nitrogens is 2. The van der Waals surface area contributed by atoms with Crippen LogP contribution >= 0.6 is 11.3 Å². The van der Waals surface area contributed by atoms with Gasteiger partial charge in [0.25, 0.3) is 0 Å². The van der Waals surface area contributed by atoms with Gasteiger partial charge in [0, 0.05) is 63.3 Å². The maximum Gasteiger partial charge on any atom is 0.424 e. The summed E-state index contributed by atoms with van der Waals surface area (Å²) in [5.74, 6) is -0.651. The lowest BCUT2D eigenvalue weighted by atomic mass is 9.97. The normalized spacial score (nSPS) is 15.8. The summed E-state index contributed by atoms with van der Waals surface area (Å²) in [5.41, 5.74) is -2.05. The molecule has 1 unspecified atom stereocenters. The first-order chi connectivity index (χ1) is 14.6. The van der Waals surface area contributed by atoms with Crippen LogP contribution in [-0.4, -0.2) is 57.3 Å².